The molecule has 0 spiro atoms. The zero-order valence-electron chi connectivity index (χ0n) is 14.0. The van der Waals surface area contributed by atoms with Crippen LogP contribution in [-0.2, 0) is 6.54 Å². The van der Waals surface area contributed by atoms with Gasteiger partial charge in [0.1, 0.15) is 0 Å². The Labute approximate surface area is 152 Å². The Morgan fingerprint density at radius 3 is 2.52 bits per heavy atom. The van der Waals surface area contributed by atoms with Gasteiger partial charge in [0.25, 0.3) is 11.8 Å². The number of hydrogen-bond acceptors (Lipinski definition) is 2. The van der Waals surface area contributed by atoms with E-state index in [2.05, 4.69) is 5.32 Å². The van der Waals surface area contributed by atoms with Crippen molar-refractivity contribution in [1.82, 2.24) is 10.2 Å². The number of carbonyl (C=O) groups excluding carboxylic acids is 2. The molecule has 2 amide bonds. The lowest BCUT2D eigenvalue weighted by molar-refractivity contribution is 0.0724. The van der Waals surface area contributed by atoms with Crippen LogP contribution < -0.4 is 5.32 Å². The molecule has 1 N–H and O–H groups in total. The molecule has 1 fully saturated rings. The van der Waals surface area contributed by atoms with Gasteiger partial charge in [-0.2, -0.15) is 0 Å². The van der Waals surface area contributed by atoms with Gasteiger partial charge in [-0.05, 0) is 49.1 Å². The standard InChI is InChI=1S/C20H21ClN2O2/c21-18-10-3-2-9-17(18)19(24)22-14-15-7-6-8-16(13-15)20(25)23-11-4-1-5-12-23/h2-3,6-10,13H,1,4-5,11-12,14H2,(H,22,24). The Kier molecular flexibility index (Phi) is 5.71. The van der Waals surface area contributed by atoms with E-state index < -0.39 is 0 Å². The highest BCUT2D eigenvalue weighted by Gasteiger charge is 2.18. The smallest absolute Gasteiger partial charge is 0.253 e. The Morgan fingerprint density at radius 1 is 1.00 bits per heavy atom. The number of halogens is 1. The quantitative estimate of drug-likeness (QED) is 0.903. The maximum atomic E-state index is 12.6. The molecule has 1 heterocycles. The Morgan fingerprint density at radius 2 is 1.76 bits per heavy atom. The van der Waals surface area contributed by atoms with Gasteiger partial charge < -0.3 is 10.2 Å². The minimum Gasteiger partial charge on any atom is -0.348 e. The minimum atomic E-state index is -0.224. The van der Waals surface area contributed by atoms with E-state index in [9.17, 15) is 9.59 Å². The predicted octanol–water partition coefficient (Wildman–Crippen LogP) is 3.90. The topological polar surface area (TPSA) is 49.4 Å². The van der Waals surface area contributed by atoms with Crippen molar-refractivity contribution in [2.75, 3.05) is 13.1 Å². The van der Waals surface area contributed by atoms with Crippen LogP contribution in [0.3, 0.4) is 0 Å². The van der Waals surface area contributed by atoms with Gasteiger partial charge in [0.05, 0.1) is 10.6 Å². The number of benzene rings is 2. The lowest BCUT2D eigenvalue weighted by atomic mass is 10.1. The van der Waals surface area contributed by atoms with E-state index in [-0.39, 0.29) is 11.8 Å². The van der Waals surface area contributed by atoms with Crippen LogP contribution in [0.1, 0.15) is 45.5 Å². The molecule has 25 heavy (non-hydrogen) atoms. The van der Waals surface area contributed by atoms with Gasteiger partial charge >= 0.3 is 0 Å². The maximum absolute atomic E-state index is 12.6. The third kappa shape index (κ3) is 4.40. The van der Waals surface area contributed by atoms with Crippen molar-refractivity contribution >= 4 is 23.4 Å². The second kappa shape index (κ2) is 8.17. The second-order valence-electron chi connectivity index (χ2n) is 6.22. The molecule has 1 aliphatic rings. The number of nitrogens with one attached hydrogen (secondary N) is 1. The average Bonchev–Trinajstić information content (AvgIpc) is 2.67. The normalized spacial score (nSPS) is 14.2. The fourth-order valence-electron chi connectivity index (χ4n) is 3.02. The van der Waals surface area contributed by atoms with Crippen LogP contribution in [0.15, 0.2) is 48.5 Å². The average molecular weight is 357 g/mol. The first-order chi connectivity index (χ1) is 12.1. The van der Waals surface area contributed by atoms with Gasteiger partial charge in [-0.1, -0.05) is 35.9 Å². The van der Waals surface area contributed by atoms with Gasteiger partial charge in [0.15, 0.2) is 0 Å². The van der Waals surface area contributed by atoms with E-state index in [1.165, 1.54) is 6.42 Å². The van der Waals surface area contributed by atoms with Crippen LogP contribution in [0.25, 0.3) is 0 Å². The van der Waals surface area contributed by atoms with Crippen molar-refractivity contribution < 1.29 is 9.59 Å². The SMILES string of the molecule is O=C(NCc1cccc(C(=O)N2CCCCC2)c1)c1ccccc1Cl. The Bertz CT molecular complexity index is 770. The number of amides is 2. The number of piperidine rings is 1. The molecule has 3 rings (SSSR count). The summed E-state index contributed by atoms with van der Waals surface area (Å²) in [7, 11) is 0. The highest BCUT2D eigenvalue weighted by atomic mass is 35.5. The summed E-state index contributed by atoms with van der Waals surface area (Å²) in [5.41, 5.74) is 2.01. The molecule has 1 saturated heterocycles. The summed E-state index contributed by atoms with van der Waals surface area (Å²) in [6.45, 7) is 2.00. The van der Waals surface area contributed by atoms with E-state index in [0.29, 0.717) is 22.7 Å². The van der Waals surface area contributed by atoms with E-state index in [0.717, 1.165) is 31.5 Å². The highest BCUT2D eigenvalue weighted by molar-refractivity contribution is 6.33. The molecule has 0 saturated carbocycles. The predicted molar refractivity (Wildman–Crippen MR) is 98.8 cm³/mol. The van der Waals surface area contributed by atoms with Crippen LogP contribution in [0.2, 0.25) is 5.02 Å². The minimum absolute atomic E-state index is 0.0685. The lowest BCUT2D eigenvalue weighted by Crippen LogP contribution is -2.35. The van der Waals surface area contributed by atoms with Crippen LogP contribution in [0.4, 0.5) is 0 Å². The molecule has 0 aliphatic carbocycles. The molecule has 0 bridgehead atoms. The molecular weight excluding hydrogens is 336 g/mol. The first kappa shape index (κ1) is 17.5. The number of nitrogens with zero attached hydrogens (tertiary/aromatic N) is 1. The van der Waals surface area contributed by atoms with Crippen LogP contribution >= 0.6 is 11.6 Å². The van der Waals surface area contributed by atoms with Crippen LogP contribution in [0.5, 0.6) is 0 Å². The van der Waals surface area contributed by atoms with Crippen molar-refractivity contribution in [3.8, 4) is 0 Å². The van der Waals surface area contributed by atoms with Crippen molar-refractivity contribution in [3.63, 3.8) is 0 Å². The summed E-state index contributed by atoms with van der Waals surface area (Å²) in [6.07, 6.45) is 3.33. The fraction of sp³-hybridized carbons (Fsp3) is 0.300. The van der Waals surface area contributed by atoms with Gasteiger partial charge in [-0.3, -0.25) is 9.59 Å². The van der Waals surface area contributed by atoms with Gasteiger partial charge in [0.2, 0.25) is 0 Å². The second-order valence-corrected chi connectivity index (χ2v) is 6.62. The third-order valence-electron chi connectivity index (χ3n) is 4.39. The van der Waals surface area contributed by atoms with Gasteiger partial charge in [-0.15, -0.1) is 0 Å². The number of carbonyl (C=O) groups is 2. The summed E-state index contributed by atoms with van der Waals surface area (Å²) in [5, 5.41) is 3.28. The van der Waals surface area contributed by atoms with Gasteiger partial charge in [0, 0.05) is 25.2 Å². The van der Waals surface area contributed by atoms with E-state index >= 15 is 0 Å². The van der Waals surface area contributed by atoms with Crippen molar-refractivity contribution in [3.05, 3.63) is 70.2 Å². The fourth-order valence-corrected chi connectivity index (χ4v) is 3.24. The zero-order chi connectivity index (χ0) is 17.6. The van der Waals surface area contributed by atoms with Crippen molar-refractivity contribution in [2.24, 2.45) is 0 Å². The number of rotatable bonds is 4. The summed E-state index contributed by atoms with van der Waals surface area (Å²) in [4.78, 5) is 26.7. The molecule has 0 atom stereocenters. The van der Waals surface area contributed by atoms with E-state index in [1.807, 2.05) is 29.2 Å². The summed E-state index contributed by atoms with van der Waals surface area (Å²) in [5.74, 6) is -0.155. The molecule has 4 nitrogen and oxygen atoms in total. The molecule has 5 heteroatoms. The molecule has 2 aromatic rings. The lowest BCUT2D eigenvalue weighted by Gasteiger charge is -2.26. The van der Waals surface area contributed by atoms with Crippen molar-refractivity contribution in [2.45, 2.75) is 25.8 Å². The van der Waals surface area contributed by atoms with Gasteiger partial charge in [-0.25, -0.2) is 0 Å². The van der Waals surface area contributed by atoms with E-state index in [4.69, 9.17) is 11.6 Å². The van der Waals surface area contributed by atoms with Crippen LogP contribution in [-0.4, -0.2) is 29.8 Å². The maximum Gasteiger partial charge on any atom is 0.253 e. The first-order valence-electron chi connectivity index (χ1n) is 8.56. The monoisotopic (exact) mass is 356 g/mol. The largest absolute Gasteiger partial charge is 0.348 e. The van der Waals surface area contributed by atoms with Crippen LogP contribution in [0, 0.1) is 0 Å². The zero-order valence-corrected chi connectivity index (χ0v) is 14.8. The molecule has 0 aromatic heterocycles. The Hall–Kier alpha value is -2.33. The molecule has 1 aliphatic heterocycles. The number of hydrogen-bond donors (Lipinski definition) is 1. The number of likely N-dealkylation sites (tertiary alicyclic amines) is 1. The summed E-state index contributed by atoms with van der Waals surface area (Å²) >= 11 is 6.04. The molecule has 2 aromatic carbocycles. The first-order valence-corrected chi connectivity index (χ1v) is 8.94. The van der Waals surface area contributed by atoms with E-state index in [1.54, 1.807) is 24.3 Å². The third-order valence-corrected chi connectivity index (χ3v) is 4.72. The summed E-state index contributed by atoms with van der Waals surface area (Å²) < 4.78 is 0. The molecular formula is C20H21ClN2O2. The highest BCUT2D eigenvalue weighted by Crippen LogP contribution is 2.16. The Balaban J connectivity index is 1.64. The molecule has 130 valence electrons. The molecule has 0 radical (unpaired) electrons. The summed E-state index contributed by atoms with van der Waals surface area (Å²) in [6, 6.07) is 14.4. The van der Waals surface area contributed by atoms with Crippen molar-refractivity contribution in [1.29, 1.82) is 0 Å². The molecule has 0 unspecified atom stereocenters.